The molecule has 3 saturated carbocycles. The van der Waals surface area contributed by atoms with E-state index in [2.05, 4.69) is 25.8 Å². The topological polar surface area (TPSA) is 90.6 Å². The Hall–Kier alpha value is -3.26. The van der Waals surface area contributed by atoms with E-state index in [-0.39, 0.29) is 11.8 Å². The van der Waals surface area contributed by atoms with Crippen LogP contribution in [0.1, 0.15) is 113 Å². The van der Waals surface area contributed by atoms with Gasteiger partial charge in [0, 0.05) is 56.0 Å². The van der Waals surface area contributed by atoms with Crippen molar-refractivity contribution in [3.8, 4) is 17.0 Å². The average Bonchev–Trinajstić information content (AvgIpc) is 3.81. The Kier molecular flexibility index (Phi) is 12.6. The van der Waals surface area contributed by atoms with Gasteiger partial charge in [-0.15, -0.1) is 0 Å². The Balaban J connectivity index is 0.000000190. The van der Waals surface area contributed by atoms with E-state index in [1.807, 2.05) is 39.1 Å². The summed E-state index contributed by atoms with van der Waals surface area (Å²) in [6.45, 7) is 4.80. The number of ether oxygens (including phenoxy) is 2. The van der Waals surface area contributed by atoms with E-state index in [1.54, 1.807) is 31.6 Å². The number of aromatic nitrogens is 3. The molecule has 0 bridgehead atoms. The third-order valence-electron chi connectivity index (χ3n) is 8.71. The second-order valence-corrected chi connectivity index (χ2v) is 11.9. The van der Waals surface area contributed by atoms with E-state index >= 15 is 0 Å². The number of amides is 1. The van der Waals surface area contributed by atoms with E-state index in [9.17, 15) is 4.79 Å². The summed E-state index contributed by atoms with van der Waals surface area (Å²) >= 11 is 0. The molecule has 0 aliphatic heterocycles. The predicted molar refractivity (Wildman–Crippen MR) is 171 cm³/mol. The van der Waals surface area contributed by atoms with E-state index in [4.69, 9.17) is 9.15 Å². The van der Waals surface area contributed by atoms with E-state index < -0.39 is 0 Å². The first-order chi connectivity index (χ1) is 20.9. The minimum atomic E-state index is 0.141. The van der Waals surface area contributed by atoms with Crippen molar-refractivity contribution in [3.63, 3.8) is 0 Å². The van der Waals surface area contributed by atoms with Crippen LogP contribution < -0.4 is 9.64 Å². The van der Waals surface area contributed by atoms with Crippen molar-refractivity contribution in [2.24, 2.45) is 5.92 Å². The highest BCUT2D eigenvalue weighted by atomic mass is 16.5. The van der Waals surface area contributed by atoms with Gasteiger partial charge in [-0.25, -0.2) is 9.97 Å². The number of nitrogens with zero attached hydrogens (tertiary/aromatic N) is 4. The van der Waals surface area contributed by atoms with Crippen LogP contribution >= 0.6 is 0 Å². The van der Waals surface area contributed by atoms with Crippen LogP contribution in [0.5, 0.6) is 5.75 Å². The van der Waals surface area contributed by atoms with Crippen molar-refractivity contribution >= 4 is 11.7 Å². The molecule has 234 valence electrons. The quantitative estimate of drug-likeness (QED) is 0.274. The fourth-order valence-electron chi connectivity index (χ4n) is 5.84. The van der Waals surface area contributed by atoms with Crippen molar-refractivity contribution < 1.29 is 18.7 Å². The van der Waals surface area contributed by atoms with Gasteiger partial charge in [-0.2, -0.15) is 0 Å². The maximum Gasteiger partial charge on any atom is 0.230 e. The molecular weight excluding hydrogens is 540 g/mol. The maximum absolute atomic E-state index is 12.7. The van der Waals surface area contributed by atoms with Crippen LogP contribution in [0.25, 0.3) is 11.3 Å². The highest BCUT2D eigenvalue weighted by Gasteiger charge is 2.29. The van der Waals surface area contributed by atoms with Gasteiger partial charge < -0.3 is 13.9 Å². The molecule has 0 radical (unpaired) electrons. The summed E-state index contributed by atoms with van der Waals surface area (Å²) in [5.74, 6) is 3.91. The van der Waals surface area contributed by atoms with Crippen LogP contribution in [0, 0.1) is 12.8 Å². The van der Waals surface area contributed by atoms with Gasteiger partial charge in [0.05, 0.1) is 12.8 Å². The summed E-state index contributed by atoms with van der Waals surface area (Å²) in [5, 5.41) is 0. The zero-order chi connectivity index (χ0) is 30.6. The molecule has 0 saturated heterocycles. The van der Waals surface area contributed by atoms with E-state index in [0.717, 1.165) is 60.9 Å². The number of aryl methyl sites for hydroxylation is 1. The largest absolute Gasteiger partial charge is 0.495 e. The molecule has 43 heavy (non-hydrogen) atoms. The van der Waals surface area contributed by atoms with Gasteiger partial charge in [0.15, 0.2) is 5.89 Å². The van der Waals surface area contributed by atoms with Crippen molar-refractivity contribution in [3.05, 3.63) is 54.0 Å². The Labute approximate surface area is 257 Å². The molecule has 1 amide bonds. The average molecular weight is 591 g/mol. The van der Waals surface area contributed by atoms with Crippen LogP contribution in [0.15, 0.2) is 41.1 Å². The van der Waals surface area contributed by atoms with Crippen molar-refractivity contribution in [1.82, 2.24) is 15.0 Å². The molecule has 3 aliphatic rings. The third-order valence-corrected chi connectivity index (χ3v) is 8.71. The molecule has 8 nitrogen and oxygen atoms in total. The van der Waals surface area contributed by atoms with Gasteiger partial charge in [-0.3, -0.25) is 14.7 Å². The maximum atomic E-state index is 12.7. The fourth-order valence-corrected chi connectivity index (χ4v) is 5.84. The SMILES string of the molecule is CCOC.CN(C(=O)C1CCCCC1)c1cc(-c2coc(C3CC3)n2)ccn1.COc1ccc(C2CCCCC2)nc1C. The summed E-state index contributed by atoms with van der Waals surface area (Å²) in [4.78, 5) is 28.0. The first-order valence-corrected chi connectivity index (χ1v) is 16.1. The van der Waals surface area contributed by atoms with Crippen LogP contribution in [0.2, 0.25) is 0 Å². The lowest BCUT2D eigenvalue weighted by molar-refractivity contribution is -0.123. The van der Waals surface area contributed by atoms with Crippen LogP contribution in [-0.2, 0) is 9.53 Å². The molecule has 0 atom stereocenters. The molecular formula is C35H50N4O4. The zero-order valence-electron chi connectivity index (χ0n) is 26.8. The third kappa shape index (κ3) is 9.36. The lowest BCUT2D eigenvalue weighted by atomic mass is 9.86. The first-order valence-electron chi connectivity index (χ1n) is 16.1. The Morgan fingerprint density at radius 3 is 2.21 bits per heavy atom. The fraction of sp³-hybridized carbons (Fsp3) is 0.600. The number of hydrogen-bond acceptors (Lipinski definition) is 7. The van der Waals surface area contributed by atoms with Crippen molar-refractivity contribution in [2.75, 3.05) is 32.8 Å². The minimum Gasteiger partial charge on any atom is -0.495 e. The molecule has 3 aliphatic carbocycles. The molecule has 0 aromatic carbocycles. The van der Waals surface area contributed by atoms with Gasteiger partial charge in [0.2, 0.25) is 5.91 Å². The predicted octanol–water partition coefficient (Wildman–Crippen LogP) is 8.26. The number of methoxy groups -OCH3 is 2. The number of carbonyl (C=O) groups excluding carboxylic acids is 1. The smallest absolute Gasteiger partial charge is 0.230 e. The standard InChI is InChI=1S/C19H23N3O2.C13H19NO.C3H8O/c1-22(19(23)14-5-3-2-4-6-14)17-11-15(9-10-20-17)16-12-24-18(21-16)13-7-8-13;1-10-13(15-2)9-8-12(14-10)11-6-4-3-5-7-11;1-3-4-2/h9-14H,2-8H2,1H3;8-9,11H,3-7H2,1-2H3;3H2,1-2H3. The number of hydrogen-bond donors (Lipinski definition) is 0. The molecule has 0 spiro atoms. The lowest BCUT2D eigenvalue weighted by Gasteiger charge is -2.26. The summed E-state index contributed by atoms with van der Waals surface area (Å²) in [5.41, 5.74) is 4.03. The lowest BCUT2D eigenvalue weighted by Crippen LogP contribution is -2.34. The normalized spacial score (nSPS) is 17.2. The monoisotopic (exact) mass is 590 g/mol. The highest BCUT2D eigenvalue weighted by Crippen LogP contribution is 2.40. The number of anilines is 1. The molecule has 0 unspecified atom stereocenters. The second-order valence-electron chi connectivity index (χ2n) is 11.9. The molecule has 3 aromatic heterocycles. The van der Waals surface area contributed by atoms with Gasteiger partial charge >= 0.3 is 0 Å². The van der Waals surface area contributed by atoms with Gasteiger partial charge in [-0.1, -0.05) is 38.5 Å². The number of oxazole rings is 1. The molecule has 8 heteroatoms. The van der Waals surface area contributed by atoms with Crippen molar-refractivity contribution in [2.45, 2.75) is 103 Å². The number of carbonyl (C=O) groups is 1. The second kappa shape index (κ2) is 16.6. The zero-order valence-corrected chi connectivity index (χ0v) is 26.8. The first kappa shape index (κ1) is 32.6. The molecule has 3 heterocycles. The molecule has 3 aromatic rings. The summed E-state index contributed by atoms with van der Waals surface area (Å²) in [6.07, 6.45) is 18.0. The van der Waals surface area contributed by atoms with E-state index in [1.165, 1.54) is 57.1 Å². The molecule has 3 fully saturated rings. The van der Waals surface area contributed by atoms with E-state index in [0.29, 0.717) is 17.7 Å². The van der Waals surface area contributed by atoms with Gasteiger partial charge in [0.25, 0.3) is 0 Å². The Morgan fingerprint density at radius 1 is 0.930 bits per heavy atom. The Bertz CT molecular complexity index is 1270. The molecule has 0 N–H and O–H groups in total. The van der Waals surface area contributed by atoms with Crippen molar-refractivity contribution in [1.29, 1.82) is 0 Å². The van der Waals surface area contributed by atoms with Gasteiger partial charge in [0.1, 0.15) is 23.5 Å². The van der Waals surface area contributed by atoms with Crippen LogP contribution in [-0.4, -0.2) is 48.7 Å². The highest BCUT2D eigenvalue weighted by molar-refractivity contribution is 5.94. The number of rotatable bonds is 7. The Morgan fingerprint density at radius 2 is 1.60 bits per heavy atom. The summed E-state index contributed by atoms with van der Waals surface area (Å²) < 4.78 is 15.3. The van der Waals surface area contributed by atoms with Crippen LogP contribution in [0.4, 0.5) is 5.82 Å². The summed E-state index contributed by atoms with van der Waals surface area (Å²) in [7, 11) is 5.20. The summed E-state index contributed by atoms with van der Waals surface area (Å²) in [6, 6.07) is 8.01. The molecule has 6 rings (SSSR count). The number of pyridine rings is 2. The van der Waals surface area contributed by atoms with Gasteiger partial charge in [-0.05, 0) is 76.6 Å². The van der Waals surface area contributed by atoms with Crippen LogP contribution in [0.3, 0.4) is 0 Å². The minimum absolute atomic E-state index is 0.141.